The Hall–Kier alpha value is -1.61. The molecule has 2 aliphatic rings. The van der Waals surface area contributed by atoms with Crippen LogP contribution in [0.3, 0.4) is 0 Å². The van der Waals surface area contributed by atoms with Crippen molar-refractivity contribution in [2.24, 2.45) is 5.73 Å². The highest BCUT2D eigenvalue weighted by molar-refractivity contribution is 5.99. The molecule has 0 saturated heterocycles. The maximum atomic E-state index is 6.07. The Morgan fingerprint density at radius 2 is 2.00 bits per heavy atom. The molecule has 0 spiro atoms. The monoisotopic (exact) mass is 281 g/mol. The lowest BCUT2D eigenvalue weighted by atomic mass is 9.88. The number of anilines is 1. The summed E-state index contributed by atoms with van der Waals surface area (Å²) in [4.78, 5) is 7.21. The summed E-state index contributed by atoms with van der Waals surface area (Å²) in [6.45, 7) is 3.23. The predicted octanol–water partition coefficient (Wildman–Crippen LogP) is 3.18. The van der Waals surface area contributed by atoms with E-state index in [2.05, 4.69) is 41.2 Å². The van der Waals surface area contributed by atoms with Gasteiger partial charge in [0.1, 0.15) is 0 Å². The van der Waals surface area contributed by atoms with Gasteiger partial charge in [-0.1, -0.05) is 12.1 Å². The van der Waals surface area contributed by atoms with Crippen molar-refractivity contribution in [2.75, 3.05) is 11.4 Å². The minimum Gasteiger partial charge on any atom is -0.368 e. The van der Waals surface area contributed by atoms with E-state index in [1.807, 2.05) is 0 Å². The second-order valence-electron chi connectivity index (χ2n) is 6.58. The van der Waals surface area contributed by atoms with Gasteiger partial charge in [0.05, 0.1) is 0 Å². The molecule has 0 atom stereocenters. The molecule has 2 aromatic rings. The first-order valence-electron chi connectivity index (χ1n) is 8.13. The van der Waals surface area contributed by atoms with Crippen molar-refractivity contribution < 1.29 is 0 Å². The van der Waals surface area contributed by atoms with Crippen molar-refractivity contribution in [3.63, 3.8) is 0 Å². The van der Waals surface area contributed by atoms with Crippen LogP contribution in [-0.4, -0.2) is 23.6 Å². The zero-order valence-electron chi connectivity index (χ0n) is 12.7. The first-order valence-corrected chi connectivity index (χ1v) is 8.13. The Morgan fingerprint density at radius 3 is 2.81 bits per heavy atom. The van der Waals surface area contributed by atoms with Gasteiger partial charge < -0.3 is 10.6 Å². The molecule has 1 fully saturated rings. The van der Waals surface area contributed by atoms with Crippen LogP contribution in [-0.2, 0) is 6.42 Å². The van der Waals surface area contributed by atoms with Crippen molar-refractivity contribution in [3.05, 3.63) is 35.7 Å². The molecule has 1 aliphatic carbocycles. The van der Waals surface area contributed by atoms with Crippen LogP contribution in [0.2, 0.25) is 0 Å². The Balaban J connectivity index is 1.79. The van der Waals surface area contributed by atoms with E-state index in [4.69, 9.17) is 5.73 Å². The number of aryl methyl sites for hydroxylation is 1. The Morgan fingerprint density at radius 1 is 1.19 bits per heavy atom. The van der Waals surface area contributed by atoms with Crippen LogP contribution < -0.4 is 10.6 Å². The second kappa shape index (κ2) is 4.99. The van der Waals surface area contributed by atoms with E-state index in [9.17, 15) is 0 Å². The van der Waals surface area contributed by atoms with Crippen molar-refractivity contribution >= 4 is 16.5 Å². The zero-order valence-corrected chi connectivity index (χ0v) is 12.7. The number of aromatic nitrogens is 1. The number of benzene rings is 1. The Kier molecular flexibility index (Phi) is 3.11. The molecule has 3 heteroatoms. The maximum Gasteiger partial charge on any atom is 0.0452 e. The highest BCUT2D eigenvalue weighted by Gasteiger charge is 2.28. The number of hydrogen-bond acceptors (Lipinski definition) is 3. The number of rotatable bonds is 1. The van der Waals surface area contributed by atoms with E-state index in [0.29, 0.717) is 12.1 Å². The third-order valence-electron chi connectivity index (χ3n) is 5.28. The highest BCUT2D eigenvalue weighted by Crippen LogP contribution is 2.38. The van der Waals surface area contributed by atoms with Crippen molar-refractivity contribution in [1.82, 2.24) is 4.98 Å². The van der Waals surface area contributed by atoms with Gasteiger partial charge in [0.15, 0.2) is 0 Å². The molecule has 21 heavy (non-hydrogen) atoms. The minimum absolute atomic E-state index is 0.417. The van der Waals surface area contributed by atoms with Gasteiger partial charge in [0.2, 0.25) is 0 Å². The standard InChI is InChI=1S/C18H23N3/c1-12-16-3-2-4-17-18(16)13(11-20-12)9-10-21(17)15-7-5-14(19)6-8-15/h2-4,11,14-15H,5-10,19H2,1H3. The summed E-state index contributed by atoms with van der Waals surface area (Å²) in [5, 5.41) is 2.76. The molecule has 1 aromatic carbocycles. The zero-order chi connectivity index (χ0) is 14.4. The lowest BCUT2D eigenvalue weighted by Crippen LogP contribution is -2.43. The van der Waals surface area contributed by atoms with Crippen LogP contribution in [0.1, 0.15) is 36.9 Å². The highest BCUT2D eigenvalue weighted by atomic mass is 15.2. The molecule has 2 N–H and O–H groups in total. The maximum absolute atomic E-state index is 6.07. The van der Waals surface area contributed by atoms with Crippen LogP contribution in [0, 0.1) is 6.92 Å². The smallest absolute Gasteiger partial charge is 0.0452 e. The summed E-state index contributed by atoms with van der Waals surface area (Å²) in [5.41, 5.74) is 10.0. The largest absolute Gasteiger partial charge is 0.368 e. The lowest BCUT2D eigenvalue weighted by molar-refractivity contribution is 0.375. The number of nitrogens with two attached hydrogens (primary N) is 1. The van der Waals surface area contributed by atoms with Gasteiger partial charge in [-0.3, -0.25) is 4.98 Å². The number of pyridine rings is 1. The van der Waals surface area contributed by atoms with Gasteiger partial charge in [0, 0.05) is 47.0 Å². The Bertz CT molecular complexity index is 671. The van der Waals surface area contributed by atoms with E-state index in [-0.39, 0.29) is 0 Å². The van der Waals surface area contributed by atoms with Crippen LogP contribution in [0.25, 0.3) is 10.8 Å². The number of nitrogens with zero attached hydrogens (tertiary/aromatic N) is 2. The topological polar surface area (TPSA) is 42.2 Å². The minimum atomic E-state index is 0.417. The summed E-state index contributed by atoms with van der Waals surface area (Å²) in [6.07, 6.45) is 7.99. The normalized spacial score (nSPS) is 25.3. The van der Waals surface area contributed by atoms with Gasteiger partial charge in [0.25, 0.3) is 0 Å². The molecule has 0 amide bonds. The molecule has 1 aliphatic heterocycles. The van der Waals surface area contributed by atoms with Gasteiger partial charge >= 0.3 is 0 Å². The summed E-state index contributed by atoms with van der Waals surface area (Å²) < 4.78 is 0. The molecule has 0 radical (unpaired) electrons. The van der Waals surface area contributed by atoms with E-state index >= 15 is 0 Å². The van der Waals surface area contributed by atoms with Gasteiger partial charge in [-0.2, -0.15) is 0 Å². The SMILES string of the molecule is Cc1ncc2c3c(cccc13)N(C1CCC(N)CC1)CC2. The molecule has 110 valence electrons. The second-order valence-corrected chi connectivity index (χ2v) is 6.58. The average Bonchev–Trinajstić information content (AvgIpc) is 2.52. The molecule has 0 unspecified atom stereocenters. The van der Waals surface area contributed by atoms with Gasteiger partial charge in [-0.05, 0) is 50.7 Å². The van der Waals surface area contributed by atoms with Crippen molar-refractivity contribution in [2.45, 2.75) is 51.1 Å². The van der Waals surface area contributed by atoms with Crippen LogP contribution in [0.15, 0.2) is 24.4 Å². The summed E-state index contributed by atoms with van der Waals surface area (Å²) in [6, 6.07) is 7.77. The molecular formula is C18H23N3. The molecule has 1 saturated carbocycles. The molecule has 2 heterocycles. The third kappa shape index (κ3) is 2.11. The van der Waals surface area contributed by atoms with Crippen LogP contribution >= 0.6 is 0 Å². The first kappa shape index (κ1) is 13.1. The molecule has 4 rings (SSSR count). The molecular weight excluding hydrogens is 258 g/mol. The fraction of sp³-hybridized carbons (Fsp3) is 0.500. The number of hydrogen-bond donors (Lipinski definition) is 1. The summed E-state index contributed by atoms with van der Waals surface area (Å²) in [7, 11) is 0. The Labute approximate surface area is 126 Å². The fourth-order valence-corrected chi connectivity index (χ4v) is 4.07. The quantitative estimate of drug-likeness (QED) is 0.873. The van der Waals surface area contributed by atoms with E-state index < -0.39 is 0 Å². The van der Waals surface area contributed by atoms with Crippen LogP contribution in [0.4, 0.5) is 5.69 Å². The van der Waals surface area contributed by atoms with Crippen molar-refractivity contribution in [3.8, 4) is 0 Å². The third-order valence-corrected chi connectivity index (χ3v) is 5.28. The van der Waals surface area contributed by atoms with E-state index in [1.54, 1.807) is 0 Å². The van der Waals surface area contributed by atoms with Gasteiger partial charge in [-0.25, -0.2) is 0 Å². The average molecular weight is 281 g/mol. The summed E-state index contributed by atoms with van der Waals surface area (Å²) >= 11 is 0. The summed E-state index contributed by atoms with van der Waals surface area (Å²) in [5.74, 6) is 0. The van der Waals surface area contributed by atoms with Crippen molar-refractivity contribution in [1.29, 1.82) is 0 Å². The first-order chi connectivity index (χ1) is 10.2. The molecule has 1 aromatic heterocycles. The molecule has 3 nitrogen and oxygen atoms in total. The predicted molar refractivity (Wildman–Crippen MR) is 87.8 cm³/mol. The van der Waals surface area contributed by atoms with Crippen LogP contribution in [0.5, 0.6) is 0 Å². The molecule has 0 bridgehead atoms. The fourth-order valence-electron chi connectivity index (χ4n) is 4.07. The van der Waals surface area contributed by atoms with E-state index in [0.717, 1.165) is 18.7 Å². The van der Waals surface area contributed by atoms with E-state index in [1.165, 1.54) is 47.7 Å². The van der Waals surface area contributed by atoms with Gasteiger partial charge in [-0.15, -0.1) is 0 Å². The lowest BCUT2D eigenvalue weighted by Gasteiger charge is -2.40.